The number of aryl methyl sites for hydroxylation is 2. The Morgan fingerprint density at radius 3 is 2.39 bits per heavy atom. The first-order valence-electron chi connectivity index (χ1n) is 13.2. The second-order valence-electron chi connectivity index (χ2n) is 10.5. The van der Waals surface area contributed by atoms with E-state index in [1.165, 1.54) is 0 Å². The highest BCUT2D eigenvalue weighted by molar-refractivity contribution is 7.85. The molecule has 2 aromatic carbocycles. The van der Waals surface area contributed by atoms with E-state index in [0.29, 0.717) is 29.7 Å². The summed E-state index contributed by atoms with van der Waals surface area (Å²) >= 11 is 12.7. The van der Waals surface area contributed by atoms with Crippen molar-refractivity contribution >= 4 is 66.2 Å². The number of anilines is 1. The standard InChI is InChI=1S/C28H33Cl2N3O6S2/c1-4-31-24-18-21(29)22(30)19-25(24)33(15-9-17-41(37,38)39)27(31)13-7-12-26-28(2,3)20-10-5-6-11-23(20)32(26)14-8-16-40(34,35)36/h5-7,10-13,18-19H,4,8-9,14-17H2,1-3H3,(H-,34,35,36,37,38,39). The minimum absolute atomic E-state index is 0.188. The molecule has 0 atom stereocenters. The number of para-hydroxylation sites is 1. The third kappa shape index (κ3) is 6.98. The number of rotatable bonds is 11. The Balaban J connectivity index is 1.78. The molecule has 0 spiro atoms. The van der Waals surface area contributed by atoms with Crippen LogP contribution in [0.5, 0.6) is 0 Å². The lowest BCUT2D eigenvalue weighted by molar-refractivity contribution is -0.673. The maximum absolute atomic E-state index is 11.4. The number of fused-ring (bicyclic) bond motifs is 2. The summed E-state index contributed by atoms with van der Waals surface area (Å²) < 4.78 is 69.8. The van der Waals surface area contributed by atoms with Gasteiger partial charge in [-0.05, 0) is 31.1 Å². The van der Waals surface area contributed by atoms with Crippen molar-refractivity contribution in [2.75, 3.05) is 23.0 Å². The molecule has 0 fully saturated rings. The average Bonchev–Trinajstić information content (AvgIpc) is 3.26. The Morgan fingerprint density at radius 2 is 1.73 bits per heavy atom. The fourth-order valence-electron chi connectivity index (χ4n) is 5.51. The molecule has 1 aliphatic heterocycles. The fraction of sp³-hybridized carbons (Fsp3) is 0.393. The summed E-state index contributed by atoms with van der Waals surface area (Å²) in [6.45, 7) is 7.45. The zero-order chi connectivity index (χ0) is 30.2. The van der Waals surface area contributed by atoms with Crippen molar-refractivity contribution in [1.82, 2.24) is 4.57 Å². The van der Waals surface area contributed by atoms with Gasteiger partial charge in [0.25, 0.3) is 15.9 Å². The normalized spacial score (nSPS) is 16.4. The first-order chi connectivity index (χ1) is 19.1. The van der Waals surface area contributed by atoms with Crippen LogP contribution in [0, 0.1) is 0 Å². The molecule has 222 valence electrons. The molecule has 0 saturated carbocycles. The maximum atomic E-state index is 11.4. The van der Waals surface area contributed by atoms with Crippen LogP contribution in [0.3, 0.4) is 0 Å². The predicted molar refractivity (Wildman–Crippen MR) is 162 cm³/mol. The summed E-state index contributed by atoms with van der Waals surface area (Å²) in [7, 11) is -8.45. The van der Waals surface area contributed by atoms with Gasteiger partial charge in [-0.25, -0.2) is 17.6 Å². The molecule has 1 aromatic heterocycles. The first kappa shape index (κ1) is 31.5. The van der Waals surface area contributed by atoms with Gasteiger partial charge in [-0.3, -0.25) is 4.55 Å². The van der Waals surface area contributed by atoms with E-state index in [9.17, 15) is 25.9 Å². The van der Waals surface area contributed by atoms with E-state index >= 15 is 0 Å². The molecule has 0 aliphatic carbocycles. The van der Waals surface area contributed by atoms with Crippen LogP contribution in [0.25, 0.3) is 17.1 Å². The SMILES string of the molecule is CCn1c(/C=C/C=C2/N(CCCS(=O)(=O)[O-])c3ccccc3C2(C)C)[n+](CCCS(=O)(=O)O)c2cc(Cl)c(Cl)cc21. The number of imidazole rings is 1. The van der Waals surface area contributed by atoms with Gasteiger partial charge in [0.05, 0.1) is 39.0 Å². The monoisotopic (exact) mass is 641 g/mol. The zero-order valence-electron chi connectivity index (χ0n) is 23.0. The van der Waals surface area contributed by atoms with Gasteiger partial charge < -0.3 is 9.45 Å². The minimum atomic E-state index is -4.33. The predicted octanol–water partition coefficient (Wildman–Crippen LogP) is 5.16. The van der Waals surface area contributed by atoms with Gasteiger partial charge in [-0.1, -0.05) is 61.3 Å². The Kier molecular flexibility index (Phi) is 9.28. The van der Waals surface area contributed by atoms with E-state index in [2.05, 4.69) is 18.7 Å². The van der Waals surface area contributed by atoms with Crippen LogP contribution in [-0.4, -0.2) is 48.6 Å². The number of hydrogen-bond acceptors (Lipinski definition) is 6. The van der Waals surface area contributed by atoms with Crippen LogP contribution < -0.4 is 9.47 Å². The van der Waals surface area contributed by atoms with Crippen molar-refractivity contribution in [3.05, 3.63) is 75.7 Å². The van der Waals surface area contributed by atoms with Crippen LogP contribution in [0.4, 0.5) is 5.69 Å². The lowest BCUT2D eigenvalue weighted by Gasteiger charge is -2.27. The molecule has 1 aliphatic rings. The summed E-state index contributed by atoms with van der Waals surface area (Å²) in [5.41, 5.74) is 4.22. The summed E-state index contributed by atoms with van der Waals surface area (Å²) in [5.74, 6) is -0.0424. The van der Waals surface area contributed by atoms with E-state index in [1.54, 1.807) is 12.1 Å². The number of benzene rings is 2. The van der Waals surface area contributed by atoms with E-state index in [0.717, 1.165) is 33.8 Å². The van der Waals surface area contributed by atoms with Crippen molar-refractivity contribution in [2.24, 2.45) is 0 Å². The van der Waals surface area contributed by atoms with Crippen LogP contribution in [0.2, 0.25) is 10.0 Å². The van der Waals surface area contributed by atoms with E-state index < -0.39 is 26.0 Å². The van der Waals surface area contributed by atoms with E-state index in [-0.39, 0.29) is 24.0 Å². The second kappa shape index (κ2) is 12.1. The Hall–Kier alpha value is -2.41. The van der Waals surface area contributed by atoms with Gasteiger partial charge in [-0.2, -0.15) is 8.42 Å². The van der Waals surface area contributed by atoms with Crippen molar-refractivity contribution in [2.45, 2.75) is 52.1 Å². The number of aromatic nitrogens is 2. The van der Waals surface area contributed by atoms with Gasteiger partial charge in [0.1, 0.15) is 0 Å². The highest BCUT2D eigenvalue weighted by Crippen LogP contribution is 2.47. The molecular formula is C28H33Cl2N3O6S2. The molecule has 0 saturated heterocycles. The topological polar surface area (TPSA) is 124 Å². The molecule has 2 heterocycles. The van der Waals surface area contributed by atoms with Crippen LogP contribution in [0.15, 0.2) is 54.2 Å². The van der Waals surface area contributed by atoms with Crippen molar-refractivity contribution in [3.63, 3.8) is 0 Å². The molecule has 0 bridgehead atoms. The molecule has 3 aromatic rings. The van der Waals surface area contributed by atoms with Crippen LogP contribution in [0.1, 0.15) is 45.0 Å². The molecule has 0 unspecified atom stereocenters. The minimum Gasteiger partial charge on any atom is -0.748 e. The van der Waals surface area contributed by atoms with Gasteiger partial charge in [0.15, 0.2) is 11.0 Å². The van der Waals surface area contributed by atoms with Crippen molar-refractivity contribution < 1.29 is 30.5 Å². The van der Waals surface area contributed by atoms with Gasteiger partial charge in [0, 0.05) is 53.7 Å². The lowest BCUT2D eigenvalue weighted by Crippen LogP contribution is -2.37. The summed E-state index contributed by atoms with van der Waals surface area (Å²) in [6.07, 6.45) is 6.18. The zero-order valence-corrected chi connectivity index (χ0v) is 26.2. The van der Waals surface area contributed by atoms with Gasteiger partial charge in [0.2, 0.25) is 0 Å². The third-order valence-corrected chi connectivity index (χ3v) is 9.64. The summed E-state index contributed by atoms with van der Waals surface area (Å²) in [6, 6.07) is 11.4. The highest BCUT2D eigenvalue weighted by atomic mass is 35.5. The van der Waals surface area contributed by atoms with Crippen molar-refractivity contribution in [1.29, 1.82) is 0 Å². The number of allylic oxidation sites excluding steroid dienone is 3. The maximum Gasteiger partial charge on any atom is 0.282 e. The fourth-order valence-corrected chi connectivity index (χ4v) is 6.80. The molecular weight excluding hydrogens is 609 g/mol. The molecule has 1 N–H and O–H groups in total. The van der Waals surface area contributed by atoms with Crippen LogP contribution >= 0.6 is 23.2 Å². The number of halogens is 2. The Labute approximate surface area is 251 Å². The molecule has 4 rings (SSSR count). The Bertz CT molecular complexity index is 1750. The average molecular weight is 643 g/mol. The Morgan fingerprint density at radius 1 is 1.05 bits per heavy atom. The first-order valence-corrected chi connectivity index (χ1v) is 17.1. The van der Waals surface area contributed by atoms with Crippen molar-refractivity contribution in [3.8, 4) is 0 Å². The lowest BCUT2D eigenvalue weighted by atomic mass is 9.84. The van der Waals surface area contributed by atoms with Gasteiger partial charge in [-0.15, -0.1) is 0 Å². The second-order valence-corrected chi connectivity index (χ2v) is 14.4. The highest BCUT2D eigenvalue weighted by Gasteiger charge is 2.39. The molecule has 9 nitrogen and oxygen atoms in total. The molecule has 0 radical (unpaired) electrons. The number of nitrogens with zero attached hydrogens (tertiary/aromatic N) is 3. The largest absolute Gasteiger partial charge is 0.748 e. The molecule has 41 heavy (non-hydrogen) atoms. The summed E-state index contributed by atoms with van der Waals surface area (Å²) in [4.78, 5) is 2.06. The molecule has 0 amide bonds. The van der Waals surface area contributed by atoms with Crippen LogP contribution in [-0.2, 0) is 38.7 Å². The quantitative estimate of drug-likeness (QED) is 0.226. The third-order valence-electron chi connectivity index (χ3n) is 7.33. The number of hydrogen-bond donors (Lipinski definition) is 1. The van der Waals surface area contributed by atoms with Gasteiger partial charge >= 0.3 is 0 Å². The van der Waals surface area contributed by atoms with E-state index in [1.807, 2.05) is 58.6 Å². The smallest absolute Gasteiger partial charge is 0.282 e. The molecule has 13 heteroatoms. The van der Waals surface area contributed by atoms with E-state index in [4.69, 9.17) is 23.2 Å². The summed E-state index contributed by atoms with van der Waals surface area (Å²) in [5, 5.41) is 0.769.